The summed E-state index contributed by atoms with van der Waals surface area (Å²) in [5, 5.41) is 9.63. The van der Waals surface area contributed by atoms with Crippen LogP contribution in [-0.2, 0) is 19.0 Å². The molecule has 0 aromatic heterocycles. The number of rotatable bonds is 1. The molecule has 2 aliphatic rings. The van der Waals surface area contributed by atoms with Crippen LogP contribution in [0.5, 0.6) is 0 Å². The fourth-order valence-corrected chi connectivity index (χ4v) is 2.81. The lowest BCUT2D eigenvalue weighted by Gasteiger charge is -2.44. The van der Waals surface area contributed by atoms with Crippen LogP contribution in [0.2, 0.25) is 0 Å². The van der Waals surface area contributed by atoms with Gasteiger partial charge in [0.1, 0.15) is 6.10 Å². The molecule has 0 spiro atoms. The first-order chi connectivity index (χ1) is 8.04. The zero-order valence-electron chi connectivity index (χ0n) is 10.3. The summed E-state index contributed by atoms with van der Waals surface area (Å²) < 4.78 is 15.6. The van der Waals surface area contributed by atoms with E-state index in [1.807, 2.05) is 13.8 Å². The van der Waals surface area contributed by atoms with Gasteiger partial charge in [0, 0.05) is 18.3 Å². The van der Waals surface area contributed by atoms with Gasteiger partial charge in [-0.2, -0.15) is 0 Å². The van der Waals surface area contributed by atoms with E-state index in [1.165, 1.54) is 13.4 Å². The minimum absolute atomic E-state index is 0.0316. The highest BCUT2D eigenvalue weighted by Crippen LogP contribution is 2.41. The second-order valence-corrected chi connectivity index (χ2v) is 4.62. The van der Waals surface area contributed by atoms with Crippen molar-refractivity contribution >= 4 is 5.97 Å². The van der Waals surface area contributed by atoms with Gasteiger partial charge in [-0.1, -0.05) is 0 Å². The molecule has 5 nitrogen and oxygen atoms in total. The smallest absolute Gasteiger partial charge is 0.337 e. The molecule has 0 aromatic carbocycles. The highest BCUT2D eigenvalue weighted by atomic mass is 16.6. The van der Waals surface area contributed by atoms with Crippen molar-refractivity contribution in [1.29, 1.82) is 0 Å². The Kier molecular flexibility index (Phi) is 3.40. The van der Waals surface area contributed by atoms with E-state index >= 15 is 0 Å². The van der Waals surface area contributed by atoms with Crippen LogP contribution in [-0.4, -0.2) is 36.7 Å². The highest BCUT2D eigenvalue weighted by molar-refractivity contribution is 5.88. The molecule has 0 saturated carbocycles. The Morgan fingerprint density at radius 1 is 1.47 bits per heavy atom. The van der Waals surface area contributed by atoms with Crippen LogP contribution in [0, 0.1) is 11.8 Å². The molecule has 2 aliphatic heterocycles. The van der Waals surface area contributed by atoms with Crippen molar-refractivity contribution < 1.29 is 24.1 Å². The van der Waals surface area contributed by atoms with Gasteiger partial charge in [-0.15, -0.1) is 0 Å². The largest absolute Gasteiger partial charge is 0.497 e. The number of carbonyl (C=O) groups excluding carboxylic acids is 1. The summed E-state index contributed by atoms with van der Waals surface area (Å²) >= 11 is 0. The fourth-order valence-electron chi connectivity index (χ4n) is 2.81. The summed E-state index contributed by atoms with van der Waals surface area (Å²) in [7, 11) is 1.34. The molecule has 0 aromatic rings. The highest BCUT2D eigenvalue weighted by Gasteiger charge is 2.45. The summed E-state index contributed by atoms with van der Waals surface area (Å²) in [6, 6.07) is 0. The quantitative estimate of drug-likeness (QED) is 0.690. The molecule has 96 valence electrons. The molecule has 17 heavy (non-hydrogen) atoms. The van der Waals surface area contributed by atoms with E-state index in [2.05, 4.69) is 0 Å². The first-order valence-corrected chi connectivity index (χ1v) is 5.82. The van der Waals surface area contributed by atoms with Gasteiger partial charge in [-0.05, 0) is 13.8 Å². The van der Waals surface area contributed by atoms with Crippen molar-refractivity contribution in [3.05, 3.63) is 11.8 Å². The molecule has 1 saturated heterocycles. The lowest BCUT2D eigenvalue weighted by atomic mass is 9.75. The van der Waals surface area contributed by atoms with Crippen LogP contribution in [0.1, 0.15) is 20.3 Å². The van der Waals surface area contributed by atoms with Crippen LogP contribution >= 0.6 is 0 Å². The predicted molar refractivity (Wildman–Crippen MR) is 58.8 cm³/mol. The van der Waals surface area contributed by atoms with E-state index in [9.17, 15) is 9.90 Å². The normalized spacial score (nSPS) is 40.9. The molecule has 0 amide bonds. The van der Waals surface area contributed by atoms with Crippen molar-refractivity contribution in [1.82, 2.24) is 0 Å². The molecule has 5 atom stereocenters. The molecule has 1 N–H and O–H groups in total. The van der Waals surface area contributed by atoms with Crippen LogP contribution in [0.4, 0.5) is 0 Å². The van der Waals surface area contributed by atoms with Gasteiger partial charge in [0.25, 0.3) is 0 Å². The maximum absolute atomic E-state index is 11.6. The average Bonchev–Trinajstić information content (AvgIpc) is 2.27. The predicted octanol–water partition coefficient (Wildman–Crippen LogP) is 0.822. The zero-order valence-corrected chi connectivity index (χ0v) is 10.3. The molecule has 0 aliphatic carbocycles. The molecule has 5 heteroatoms. The first kappa shape index (κ1) is 12.4. The average molecular weight is 242 g/mol. The van der Waals surface area contributed by atoms with Crippen LogP contribution in [0.3, 0.4) is 0 Å². The van der Waals surface area contributed by atoms with Gasteiger partial charge in [-0.25, -0.2) is 4.79 Å². The Morgan fingerprint density at radius 2 is 2.18 bits per heavy atom. The van der Waals surface area contributed by atoms with Crippen molar-refractivity contribution in [2.45, 2.75) is 38.8 Å². The van der Waals surface area contributed by atoms with Crippen molar-refractivity contribution in [3.63, 3.8) is 0 Å². The maximum atomic E-state index is 11.6. The lowest BCUT2D eigenvalue weighted by molar-refractivity contribution is -0.209. The van der Waals surface area contributed by atoms with Crippen molar-refractivity contribution in [2.75, 3.05) is 7.11 Å². The van der Waals surface area contributed by atoms with E-state index in [-0.39, 0.29) is 24.0 Å². The minimum Gasteiger partial charge on any atom is -0.497 e. The number of methoxy groups -OCH3 is 1. The second kappa shape index (κ2) is 4.66. The molecule has 0 radical (unpaired) electrons. The summed E-state index contributed by atoms with van der Waals surface area (Å²) in [6.07, 6.45) is 0.860. The zero-order chi connectivity index (χ0) is 12.6. The number of hydrogen-bond donors (Lipinski definition) is 1. The molecular weight excluding hydrogens is 224 g/mol. The first-order valence-electron chi connectivity index (χ1n) is 5.82. The molecule has 4 unspecified atom stereocenters. The second-order valence-electron chi connectivity index (χ2n) is 4.62. The monoisotopic (exact) mass is 242 g/mol. The van der Waals surface area contributed by atoms with Gasteiger partial charge in [0.15, 0.2) is 6.29 Å². The summed E-state index contributed by atoms with van der Waals surface area (Å²) in [6.45, 7) is 3.83. The lowest BCUT2D eigenvalue weighted by Crippen LogP contribution is -2.48. The van der Waals surface area contributed by atoms with Gasteiger partial charge in [0.2, 0.25) is 0 Å². The third-order valence-electron chi connectivity index (χ3n) is 3.61. The molecule has 1 fully saturated rings. The van der Waals surface area contributed by atoms with Crippen molar-refractivity contribution in [3.8, 4) is 0 Å². The molecule has 0 bridgehead atoms. The SMILES string of the molecule is COC(=O)C1=COC(C)C2C1CC(O)O[C@H]2C. The third-order valence-corrected chi connectivity index (χ3v) is 3.61. The molecule has 2 rings (SSSR count). The van der Waals surface area contributed by atoms with E-state index in [1.54, 1.807) is 0 Å². The summed E-state index contributed by atoms with van der Waals surface area (Å²) in [5.41, 5.74) is 0.491. The van der Waals surface area contributed by atoms with E-state index in [0.29, 0.717) is 12.0 Å². The van der Waals surface area contributed by atoms with E-state index in [4.69, 9.17) is 14.2 Å². The topological polar surface area (TPSA) is 65.0 Å². The fraction of sp³-hybridized carbons (Fsp3) is 0.750. The van der Waals surface area contributed by atoms with Gasteiger partial charge >= 0.3 is 5.97 Å². The number of aliphatic hydroxyl groups is 1. The summed E-state index contributed by atoms with van der Waals surface area (Å²) in [5.74, 6) is -0.393. The Morgan fingerprint density at radius 3 is 2.82 bits per heavy atom. The van der Waals surface area contributed by atoms with Gasteiger partial charge < -0.3 is 19.3 Å². The van der Waals surface area contributed by atoms with Crippen LogP contribution in [0.15, 0.2) is 11.8 Å². The Labute approximate surface area is 100 Å². The van der Waals surface area contributed by atoms with Crippen LogP contribution in [0.25, 0.3) is 0 Å². The third kappa shape index (κ3) is 2.17. The number of esters is 1. The molecule has 2 heterocycles. The Bertz CT molecular complexity index is 338. The molecular formula is C12H18O5. The van der Waals surface area contributed by atoms with E-state index < -0.39 is 12.3 Å². The Balaban J connectivity index is 2.28. The minimum atomic E-state index is -0.829. The van der Waals surface area contributed by atoms with Gasteiger partial charge in [0.05, 0.1) is 25.0 Å². The Hall–Kier alpha value is -1.07. The van der Waals surface area contributed by atoms with E-state index in [0.717, 1.165) is 0 Å². The number of fused-ring (bicyclic) bond motifs is 1. The number of aliphatic hydroxyl groups excluding tert-OH is 1. The number of hydrogen-bond acceptors (Lipinski definition) is 5. The maximum Gasteiger partial charge on any atom is 0.337 e. The van der Waals surface area contributed by atoms with Crippen LogP contribution < -0.4 is 0 Å². The van der Waals surface area contributed by atoms with Gasteiger partial charge in [-0.3, -0.25) is 0 Å². The van der Waals surface area contributed by atoms with Crippen molar-refractivity contribution in [2.24, 2.45) is 11.8 Å². The number of ether oxygens (including phenoxy) is 3. The number of carbonyl (C=O) groups is 1. The standard InChI is InChI=1S/C12H18O5/c1-6-11-7(2)17-10(13)4-8(11)9(5-16-6)12(14)15-3/h5-8,10-11,13H,4H2,1-3H3/t6?,7-,8?,10?,11?/m0/s1. The summed E-state index contributed by atoms with van der Waals surface area (Å²) in [4.78, 5) is 11.6.